The van der Waals surface area contributed by atoms with Gasteiger partial charge in [-0.2, -0.15) is 0 Å². The van der Waals surface area contributed by atoms with Crippen LogP contribution in [0.5, 0.6) is 0 Å². The molecule has 1 aromatic rings. The summed E-state index contributed by atoms with van der Waals surface area (Å²) in [5, 5.41) is 12.7. The van der Waals surface area contributed by atoms with Gasteiger partial charge in [-0.1, -0.05) is 18.2 Å². The molecular weight excluding hydrogens is 256 g/mol. The van der Waals surface area contributed by atoms with Crippen LogP contribution in [0.25, 0.3) is 0 Å². The Morgan fingerprint density at radius 1 is 1.26 bits per heavy atom. The summed E-state index contributed by atoms with van der Waals surface area (Å²) >= 11 is 1.89. The number of nitrogens with one attached hydrogen (secondary N) is 1. The predicted octanol–water partition coefficient (Wildman–Crippen LogP) is 1.82. The van der Waals surface area contributed by atoms with Crippen LogP contribution in [0, 0.1) is 0 Å². The summed E-state index contributed by atoms with van der Waals surface area (Å²) in [6.07, 6.45) is 2.56. The lowest BCUT2D eigenvalue weighted by Crippen LogP contribution is -2.40. The first-order chi connectivity index (χ1) is 9.38. The Morgan fingerprint density at radius 2 is 2.11 bits per heavy atom. The van der Waals surface area contributed by atoms with Crippen LogP contribution in [0.15, 0.2) is 35.2 Å². The third-order valence-electron chi connectivity index (χ3n) is 3.48. The van der Waals surface area contributed by atoms with Crippen molar-refractivity contribution in [3.8, 4) is 0 Å². The van der Waals surface area contributed by atoms with Gasteiger partial charge in [0.2, 0.25) is 0 Å². The van der Waals surface area contributed by atoms with E-state index in [9.17, 15) is 0 Å². The molecule has 0 radical (unpaired) electrons. The van der Waals surface area contributed by atoms with Gasteiger partial charge in [-0.05, 0) is 31.5 Å². The fourth-order valence-electron chi connectivity index (χ4n) is 2.47. The van der Waals surface area contributed by atoms with Crippen LogP contribution in [0.3, 0.4) is 0 Å². The first-order valence-electron chi connectivity index (χ1n) is 7.13. The van der Waals surface area contributed by atoms with Gasteiger partial charge in [-0.3, -0.25) is 4.90 Å². The second kappa shape index (κ2) is 8.59. The van der Waals surface area contributed by atoms with Crippen LogP contribution in [0.1, 0.15) is 12.8 Å². The van der Waals surface area contributed by atoms with Crippen molar-refractivity contribution in [3.05, 3.63) is 30.3 Å². The van der Waals surface area contributed by atoms with Gasteiger partial charge in [0.15, 0.2) is 0 Å². The van der Waals surface area contributed by atoms with Crippen molar-refractivity contribution >= 4 is 11.8 Å². The number of thioether (sulfide) groups is 1. The maximum absolute atomic E-state index is 9.16. The van der Waals surface area contributed by atoms with E-state index in [0.29, 0.717) is 6.04 Å². The maximum Gasteiger partial charge on any atom is 0.0558 e. The van der Waals surface area contributed by atoms with E-state index in [4.69, 9.17) is 5.11 Å². The van der Waals surface area contributed by atoms with Crippen molar-refractivity contribution in [3.63, 3.8) is 0 Å². The minimum Gasteiger partial charge on any atom is -0.395 e. The van der Waals surface area contributed by atoms with Crippen molar-refractivity contribution in [1.82, 2.24) is 10.2 Å². The van der Waals surface area contributed by atoms with Crippen LogP contribution >= 0.6 is 11.8 Å². The van der Waals surface area contributed by atoms with Crippen LogP contribution in [0.4, 0.5) is 0 Å². The Morgan fingerprint density at radius 3 is 2.79 bits per heavy atom. The molecule has 0 amide bonds. The summed E-state index contributed by atoms with van der Waals surface area (Å²) in [6.45, 7) is 4.29. The highest BCUT2D eigenvalue weighted by Gasteiger charge is 2.17. The van der Waals surface area contributed by atoms with E-state index in [1.807, 2.05) is 17.8 Å². The summed E-state index contributed by atoms with van der Waals surface area (Å²) in [6, 6.07) is 11.1. The van der Waals surface area contributed by atoms with Crippen molar-refractivity contribution in [1.29, 1.82) is 0 Å². The molecule has 1 fully saturated rings. The minimum atomic E-state index is 0.253. The van der Waals surface area contributed by atoms with Crippen LogP contribution in [-0.4, -0.2) is 54.6 Å². The molecule has 1 unspecified atom stereocenters. The Hall–Kier alpha value is -0.550. The average molecular weight is 280 g/mol. The van der Waals surface area contributed by atoms with E-state index in [1.165, 1.54) is 17.7 Å². The molecule has 1 aliphatic heterocycles. The number of benzene rings is 1. The second-order valence-corrected chi connectivity index (χ2v) is 6.15. The van der Waals surface area contributed by atoms with Crippen LogP contribution in [0.2, 0.25) is 0 Å². The molecule has 1 aliphatic rings. The van der Waals surface area contributed by atoms with Crippen molar-refractivity contribution < 1.29 is 5.11 Å². The van der Waals surface area contributed by atoms with Crippen molar-refractivity contribution in [2.75, 3.05) is 38.5 Å². The van der Waals surface area contributed by atoms with Crippen LogP contribution in [-0.2, 0) is 0 Å². The average Bonchev–Trinajstić information content (AvgIpc) is 2.93. The molecule has 106 valence electrons. The number of hydrogen-bond acceptors (Lipinski definition) is 4. The Bertz CT molecular complexity index is 341. The molecule has 0 spiro atoms. The summed E-state index contributed by atoms with van der Waals surface area (Å²) in [7, 11) is 0. The fourth-order valence-corrected chi connectivity index (χ4v) is 3.40. The largest absolute Gasteiger partial charge is 0.395 e. The zero-order chi connectivity index (χ0) is 13.3. The zero-order valence-corrected chi connectivity index (χ0v) is 12.2. The monoisotopic (exact) mass is 280 g/mol. The Balaban J connectivity index is 1.70. The lowest BCUT2D eigenvalue weighted by Gasteiger charge is -2.24. The molecule has 0 saturated carbocycles. The first-order valence-corrected chi connectivity index (χ1v) is 8.11. The molecule has 1 atom stereocenters. The highest BCUT2D eigenvalue weighted by atomic mass is 32.2. The molecule has 19 heavy (non-hydrogen) atoms. The number of nitrogens with zero attached hydrogens (tertiary/aromatic N) is 1. The minimum absolute atomic E-state index is 0.253. The summed E-state index contributed by atoms with van der Waals surface area (Å²) in [5.41, 5.74) is 0. The molecule has 0 bridgehead atoms. The van der Waals surface area contributed by atoms with Gasteiger partial charge in [0.05, 0.1) is 6.61 Å². The quantitative estimate of drug-likeness (QED) is 0.712. The molecule has 2 N–H and O–H groups in total. The van der Waals surface area contributed by atoms with Gasteiger partial charge in [0.25, 0.3) is 0 Å². The maximum atomic E-state index is 9.16. The van der Waals surface area contributed by atoms with E-state index in [1.54, 1.807) is 0 Å². The third kappa shape index (κ3) is 5.53. The smallest absolute Gasteiger partial charge is 0.0558 e. The number of rotatable bonds is 8. The summed E-state index contributed by atoms with van der Waals surface area (Å²) < 4.78 is 0. The molecule has 4 heteroatoms. The molecule has 1 heterocycles. The molecule has 1 saturated heterocycles. The van der Waals surface area contributed by atoms with E-state index in [0.717, 1.165) is 31.9 Å². The van der Waals surface area contributed by atoms with E-state index >= 15 is 0 Å². The summed E-state index contributed by atoms with van der Waals surface area (Å²) in [5.74, 6) is 1.08. The van der Waals surface area contributed by atoms with Gasteiger partial charge in [-0.15, -0.1) is 11.8 Å². The van der Waals surface area contributed by atoms with Gasteiger partial charge in [0.1, 0.15) is 0 Å². The normalized spacial score (nSPS) is 19.2. The predicted molar refractivity (Wildman–Crippen MR) is 81.7 cm³/mol. The van der Waals surface area contributed by atoms with Gasteiger partial charge in [-0.25, -0.2) is 0 Å². The molecular formula is C15H24N2OS. The zero-order valence-electron chi connectivity index (χ0n) is 11.4. The van der Waals surface area contributed by atoms with Gasteiger partial charge in [0, 0.05) is 36.3 Å². The lowest BCUT2D eigenvalue weighted by atomic mass is 10.2. The first kappa shape index (κ1) is 14.9. The molecule has 0 aliphatic carbocycles. The molecule has 0 aromatic heterocycles. The number of hydrogen-bond donors (Lipinski definition) is 2. The van der Waals surface area contributed by atoms with E-state index < -0.39 is 0 Å². The SMILES string of the molecule is OCCN(CCSc1ccccc1)CC1CCCN1. The molecule has 3 nitrogen and oxygen atoms in total. The number of aliphatic hydroxyl groups excluding tert-OH is 1. The summed E-state index contributed by atoms with van der Waals surface area (Å²) in [4.78, 5) is 3.70. The highest BCUT2D eigenvalue weighted by Crippen LogP contribution is 2.17. The molecule has 1 aromatic carbocycles. The van der Waals surface area contributed by atoms with Crippen molar-refractivity contribution in [2.45, 2.75) is 23.8 Å². The van der Waals surface area contributed by atoms with Crippen molar-refractivity contribution in [2.24, 2.45) is 0 Å². The molecule has 2 rings (SSSR count). The van der Waals surface area contributed by atoms with Crippen LogP contribution < -0.4 is 5.32 Å². The number of aliphatic hydroxyl groups is 1. The third-order valence-corrected chi connectivity index (χ3v) is 4.47. The Kier molecular flexibility index (Phi) is 6.71. The lowest BCUT2D eigenvalue weighted by molar-refractivity contribution is 0.192. The Labute approximate surface area is 120 Å². The topological polar surface area (TPSA) is 35.5 Å². The van der Waals surface area contributed by atoms with E-state index in [2.05, 4.69) is 34.5 Å². The highest BCUT2D eigenvalue weighted by molar-refractivity contribution is 7.99. The van der Waals surface area contributed by atoms with E-state index in [-0.39, 0.29) is 6.61 Å². The standard InChI is InChI=1S/C15H24N2OS/c18-11-9-17(13-14-5-4-8-16-14)10-12-19-15-6-2-1-3-7-15/h1-3,6-7,14,16,18H,4-5,8-13H2. The fraction of sp³-hybridized carbons (Fsp3) is 0.600. The second-order valence-electron chi connectivity index (χ2n) is 4.98. The van der Waals surface area contributed by atoms with Gasteiger partial charge < -0.3 is 10.4 Å². The van der Waals surface area contributed by atoms with Gasteiger partial charge >= 0.3 is 0 Å².